The molecule has 0 saturated heterocycles. The molecule has 3 rings (SSSR count). The van der Waals surface area contributed by atoms with Gasteiger partial charge in [-0.25, -0.2) is 8.78 Å². The van der Waals surface area contributed by atoms with Crippen LogP contribution in [-0.2, 0) is 0 Å². The Labute approximate surface area is 127 Å². The molecule has 20 heavy (non-hydrogen) atoms. The summed E-state index contributed by atoms with van der Waals surface area (Å²) in [5.74, 6) is -1.18. The highest BCUT2D eigenvalue weighted by Crippen LogP contribution is 2.28. The van der Waals surface area contributed by atoms with Gasteiger partial charge in [0.1, 0.15) is 5.82 Å². The second-order valence-electron chi connectivity index (χ2n) is 4.12. The van der Waals surface area contributed by atoms with Crippen LogP contribution in [0.3, 0.4) is 0 Å². The maximum absolute atomic E-state index is 14.1. The van der Waals surface area contributed by atoms with E-state index in [1.165, 1.54) is 28.8 Å². The highest BCUT2D eigenvalue weighted by molar-refractivity contribution is 7.71. The van der Waals surface area contributed by atoms with Crippen LogP contribution in [0.4, 0.5) is 8.78 Å². The van der Waals surface area contributed by atoms with Crippen molar-refractivity contribution in [3.8, 4) is 5.69 Å². The first-order valence-corrected chi connectivity index (χ1v) is 6.69. The number of nitrogens with one attached hydrogen (secondary N) is 1. The summed E-state index contributed by atoms with van der Waals surface area (Å²) in [6.07, 6.45) is 0. The van der Waals surface area contributed by atoms with Crippen LogP contribution < -0.4 is 0 Å². The van der Waals surface area contributed by atoms with Crippen LogP contribution in [0, 0.1) is 16.4 Å². The van der Waals surface area contributed by atoms with Crippen molar-refractivity contribution < 1.29 is 8.78 Å². The van der Waals surface area contributed by atoms with Gasteiger partial charge < -0.3 is 4.98 Å². The number of aromatic nitrogens is 2. The normalized spacial score (nSPS) is 11.2. The largest absolute Gasteiger partial charge is 0.330 e. The number of hydrogen-bond donors (Lipinski definition) is 1. The minimum Gasteiger partial charge on any atom is -0.330 e. The van der Waals surface area contributed by atoms with Crippen molar-refractivity contribution in [1.29, 1.82) is 0 Å². The number of halogens is 4. The number of aromatic amines is 1. The molecule has 102 valence electrons. The van der Waals surface area contributed by atoms with Gasteiger partial charge in [-0.1, -0.05) is 29.3 Å². The Hall–Kier alpha value is -1.43. The first kappa shape index (κ1) is 13.5. The fourth-order valence-electron chi connectivity index (χ4n) is 2.01. The first-order chi connectivity index (χ1) is 9.49. The Balaban J connectivity index is 2.42. The topological polar surface area (TPSA) is 20.7 Å². The van der Waals surface area contributed by atoms with Gasteiger partial charge in [0, 0.05) is 6.07 Å². The van der Waals surface area contributed by atoms with Gasteiger partial charge in [-0.2, -0.15) is 0 Å². The molecular formula is C13H6Cl2F2N2S. The lowest BCUT2D eigenvalue weighted by molar-refractivity contribution is 0.619. The van der Waals surface area contributed by atoms with Crippen molar-refractivity contribution in [1.82, 2.24) is 9.55 Å². The molecule has 2 aromatic carbocycles. The predicted octanol–water partition coefficient (Wildman–Crippen LogP) is 5.27. The monoisotopic (exact) mass is 330 g/mol. The summed E-state index contributed by atoms with van der Waals surface area (Å²) in [6, 6.07) is 7.17. The van der Waals surface area contributed by atoms with E-state index in [0.717, 1.165) is 0 Å². The van der Waals surface area contributed by atoms with Gasteiger partial charge in [-0.3, -0.25) is 4.57 Å². The third-order valence-corrected chi connectivity index (χ3v) is 3.76. The van der Waals surface area contributed by atoms with Gasteiger partial charge in [0.2, 0.25) is 0 Å². The standard InChI is InChI=1S/C13H6Cl2F2N2S/c14-6-2-1-3-10(12(6)17)19-11-4-7(15)8(16)5-9(11)18-13(19)20/h1-5H,(H,18,20). The summed E-state index contributed by atoms with van der Waals surface area (Å²) < 4.78 is 29.2. The molecule has 0 atom stereocenters. The van der Waals surface area contributed by atoms with Crippen molar-refractivity contribution in [2.75, 3.05) is 0 Å². The number of fused-ring (bicyclic) bond motifs is 1. The Morgan fingerprint density at radius 2 is 1.85 bits per heavy atom. The molecule has 0 fully saturated rings. The minimum atomic E-state index is -0.605. The zero-order valence-corrected chi connectivity index (χ0v) is 12.1. The van der Waals surface area contributed by atoms with E-state index in [2.05, 4.69) is 4.98 Å². The smallest absolute Gasteiger partial charge is 0.182 e. The Morgan fingerprint density at radius 1 is 1.10 bits per heavy atom. The third kappa shape index (κ3) is 2.02. The molecule has 1 aromatic heterocycles. The summed E-state index contributed by atoms with van der Waals surface area (Å²) in [5, 5.41) is -0.0883. The molecule has 0 aliphatic rings. The first-order valence-electron chi connectivity index (χ1n) is 5.53. The molecule has 0 radical (unpaired) electrons. The molecule has 2 nitrogen and oxygen atoms in total. The SMILES string of the molecule is Fc1cc2[nH]c(=S)n(-c3cccc(Cl)c3F)c2cc1Cl. The number of rotatable bonds is 1. The zero-order valence-electron chi connectivity index (χ0n) is 9.75. The van der Waals surface area contributed by atoms with E-state index in [0.29, 0.717) is 11.0 Å². The van der Waals surface area contributed by atoms with Crippen molar-refractivity contribution in [2.24, 2.45) is 0 Å². The molecule has 3 aromatic rings. The molecule has 0 aliphatic carbocycles. The van der Waals surface area contributed by atoms with E-state index in [-0.39, 0.29) is 20.5 Å². The average Bonchev–Trinajstić information content (AvgIpc) is 2.69. The van der Waals surface area contributed by atoms with Gasteiger partial charge in [0.05, 0.1) is 26.8 Å². The average molecular weight is 331 g/mol. The molecule has 0 spiro atoms. The van der Waals surface area contributed by atoms with Crippen molar-refractivity contribution in [3.05, 3.63) is 56.8 Å². The van der Waals surface area contributed by atoms with E-state index in [1.54, 1.807) is 6.07 Å². The van der Waals surface area contributed by atoms with Crippen LogP contribution in [0.25, 0.3) is 16.7 Å². The van der Waals surface area contributed by atoms with Gasteiger partial charge in [-0.05, 0) is 30.4 Å². The predicted molar refractivity (Wildman–Crippen MR) is 78.4 cm³/mol. The number of imidazole rings is 1. The number of hydrogen-bond acceptors (Lipinski definition) is 1. The number of benzene rings is 2. The molecule has 0 saturated carbocycles. The Bertz CT molecular complexity index is 886. The molecule has 0 unspecified atom stereocenters. The summed E-state index contributed by atoms with van der Waals surface area (Å²) in [5.41, 5.74) is 1.08. The van der Waals surface area contributed by atoms with E-state index in [4.69, 9.17) is 35.4 Å². The second kappa shape index (κ2) is 4.84. The van der Waals surface area contributed by atoms with Gasteiger partial charge in [0.15, 0.2) is 10.6 Å². The highest BCUT2D eigenvalue weighted by atomic mass is 35.5. The quantitative estimate of drug-likeness (QED) is 0.602. The van der Waals surface area contributed by atoms with E-state index >= 15 is 0 Å². The van der Waals surface area contributed by atoms with E-state index in [9.17, 15) is 8.78 Å². The fourth-order valence-corrected chi connectivity index (χ4v) is 2.64. The highest BCUT2D eigenvalue weighted by Gasteiger charge is 2.14. The van der Waals surface area contributed by atoms with Crippen molar-refractivity contribution >= 4 is 46.5 Å². The van der Waals surface area contributed by atoms with Crippen molar-refractivity contribution in [2.45, 2.75) is 0 Å². The maximum atomic E-state index is 14.1. The van der Waals surface area contributed by atoms with Crippen molar-refractivity contribution in [3.63, 3.8) is 0 Å². The van der Waals surface area contributed by atoms with E-state index in [1.807, 2.05) is 0 Å². The van der Waals surface area contributed by atoms with E-state index < -0.39 is 11.6 Å². The molecule has 7 heteroatoms. The molecule has 0 bridgehead atoms. The van der Waals surface area contributed by atoms with Gasteiger partial charge in [0.25, 0.3) is 0 Å². The second-order valence-corrected chi connectivity index (χ2v) is 5.32. The lowest BCUT2D eigenvalue weighted by atomic mass is 10.2. The number of nitrogens with zero attached hydrogens (tertiary/aromatic N) is 1. The summed E-state index contributed by atoms with van der Waals surface area (Å²) >= 11 is 16.7. The Kier molecular flexibility index (Phi) is 3.28. The van der Waals surface area contributed by atoms with Crippen LogP contribution in [0.1, 0.15) is 0 Å². The zero-order chi connectivity index (χ0) is 14.4. The van der Waals surface area contributed by atoms with Crippen LogP contribution in [0.5, 0.6) is 0 Å². The van der Waals surface area contributed by atoms with Gasteiger partial charge >= 0.3 is 0 Å². The summed E-state index contributed by atoms with van der Waals surface area (Å²) in [4.78, 5) is 2.81. The third-order valence-electron chi connectivity index (χ3n) is 2.90. The number of H-pyrrole nitrogens is 1. The summed E-state index contributed by atoms with van der Waals surface area (Å²) in [6.45, 7) is 0. The van der Waals surface area contributed by atoms with Crippen LogP contribution >= 0.6 is 35.4 Å². The molecular weight excluding hydrogens is 325 g/mol. The maximum Gasteiger partial charge on any atom is 0.182 e. The summed E-state index contributed by atoms with van der Waals surface area (Å²) in [7, 11) is 0. The molecule has 0 amide bonds. The Morgan fingerprint density at radius 3 is 2.60 bits per heavy atom. The minimum absolute atomic E-state index is 0.0213. The molecule has 0 aliphatic heterocycles. The van der Waals surface area contributed by atoms with Crippen LogP contribution in [-0.4, -0.2) is 9.55 Å². The lowest BCUT2D eigenvalue weighted by Gasteiger charge is -2.07. The van der Waals surface area contributed by atoms with Gasteiger partial charge in [-0.15, -0.1) is 0 Å². The van der Waals surface area contributed by atoms with Crippen LogP contribution in [0.15, 0.2) is 30.3 Å². The molecule has 1 N–H and O–H groups in total. The van der Waals surface area contributed by atoms with Crippen LogP contribution in [0.2, 0.25) is 10.0 Å². The lowest BCUT2D eigenvalue weighted by Crippen LogP contribution is -1.98. The molecule has 1 heterocycles. The fraction of sp³-hybridized carbons (Fsp3) is 0.